The van der Waals surface area contributed by atoms with Crippen molar-refractivity contribution in [2.75, 3.05) is 14.2 Å². The molecule has 1 aromatic rings. The smallest absolute Gasteiger partial charge is 0.260 e. The molecule has 1 rings (SSSR count). The Hall–Kier alpha value is -1.75. The molecule has 0 aliphatic heterocycles. The number of amides is 1. The van der Waals surface area contributed by atoms with Crippen molar-refractivity contribution in [3.8, 4) is 11.5 Å². The summed E-state index contributed by atoms with van der Waals surface area (Å²) in [5, 5.41) is 2.57. The fourth-order valence-corrected chi connectivity index (χ4v) is 1.81. The molecule has 0 radical (unpaired) electrons. The van der Waals surface area contributed by atoms with Crippen molar-refractivity contribution in [2.24, 2.45) is 5.73 Å². The molecule has 3 N–H and O–H groups in total. The Morgan fingerprint density at radius 3 is 2.70 bits per heavy atom. The molecule has 2 unspecified atom stereocenters. The fraction of sp³-hybridized carbons (Fsp3) is 0.533. The molecule has 2 atom stereocenters. The van der Waals surface area contributed by atoms with E-state index in [9.17, 15) is 4.79 Å². The Bertz CT molecular complexity index is 449. The highest BCUT2D eigenvalue weighted by atomic mass is 16.5. The predicted molar refractivity (Wildman–Crippen MR) is 79.1 cm³/mol. The third kappa shape index (κ3) is 4.42. The van der Waals surface area contributed by atoms with Crippen molar-refractivity contribution < 1.29 is 14.3 Å². The average molecular weight is 280 g/mol. The summed E-state index contributed by atoms with van der Waals surface area (Å²) in [4.78, 5) is 11.6. The number of methoxy groups -OCH3 is 1. The lowest BCUT2D eigenvalue weighted by Crippen LogP contribution is -2.34. The van der Waals surface area contributed by atoms with Crippen LogP contribution in [0.15, 0.2) is 18.2 Å². The van der Waals surface area contributed by atoms with Crippen molar-refractivity contribution >= 4 is 5.91 Å². The normalized spacial score (nSPS) is 13.4. The zero-order chi connectivity index (χ0) is 15.1. The van der Waals surface area contributed by atoms with Gasteiger partial charge < -0.3 is 20.5 Å². The van der Waals surface area contributed by atoms with Crippen LogP contribution in [0.2, 0.25) is 0 Å². The van der Waals surface area contributed by atoms with E-state index >= 15 is 0 Å². The second-order valence-electron chi connectivity index (χ2n) is 4.72. The van der Waals surface area contributed by atoms with E-state index in [1.807, 2.05) is 19.1 Å². The molecule has 0 fully saturated rings. The molecule has 1 amide bonds. The van der Waals surface area contributed by atoms with Gasteiger partial charge in [0, 0.05) is 19.2 Å². The molecular weight excluding hydrogens is 256 g/mol. The SMILES string of the molecule is CCC(N)Cc1ccc(OC)cc1OC(C)C(=O)NC. The summed E-state index contributed by atoms with van der Waals surface area (Å²) in [5.41, 5.74) is 6.98. The summed E-state index contributed by atoms with van der Waals surface area (Å²) in [7, 11) is 3.18. The van der Waals surface area contributed by atoms with Crippen molar-refractivity contribution in [3.63, 3.8) is 0 Å². The first-order valence-electron chi connectivity index (χ1n) is 6.82. The van der Waals surface area contributed by atoms with Gasteiger partial charge in [0.15, 0.2) is 6.10 Å². The van der Waals surface area contributed by atoms with Crippen molar-refractivity contribution in [3.05, 3.63) is 23.8 Å². The summed E-state index contributed by atoms with van der Waals surface area (Å²) in [6.07, 6.45) is 1.02. The lowest BCUT2D eigenvalue weighted by molar-refractivity contribution is -0.126. The van der Waals surface area contributed by atoms with Gasteiger partial charge in [-0.15, -0.1) is 0 Å². The first-order chi connectivity index (χ1) is 9.51. The lowest BCUT2D eigenvalue weighted by atomic mass is 10.0. The van der Waals surface area contributed by atoms with Crippen LogP contribution < -0.4 is 20.5 Å². The second-order valence-corrected chi connectivity index (χ2v) is 4.72. The van der Waals surface area contributed by atoms with Crippen LogP contribution in [-0.4, -0.2) is 32.2 Å². The van der Waals surface area contributed by atoms with Crippen LogP contribution in [0.5, 0.6) is 11.5 Å². The molecule has 0 aromatic heterocycles. The van der Waals surface area contributed by atoms with E-state index in [4.69, 9.17) is 15.2 Å². The highest BCUT2D eigenvalue weighted by Crippen LogP contribution is 2.27. The van der Waals surface area contributed by atoms with Gasteiger partial charge in [-0.3, -0.25) is 4.79 Å². The highest BCUT2D eigenvalue weighted by molar-refractivity contribution is 5.80. The topological polar surface area (TPSA) is 73.6 Å². The zero-order valence-electron chi connectivity index (χ0n) is 12.6. The molecule has 0 saturated carbocycles. The first kappa shape index (κ1) is 16.3. The van der Waals surface area contributed by atoms with Crippen molar-refractivity contribution in [1.29, 1.82) is 0 Å². The number of hydrogen-bond acceptors (Lipinski definition) is 4. The number of carbonyl (C=O) groups is 1. The van der Waals surface area contributed by atoms with Gasteiger partial charge >= 0.3 is 0 Å². The van der Waals surface area contributed by atoms with E-state index in [1.165, 1.54) is 0 Å². The predicted octanol–water partition coefficient (Wildman–Crippen LogP) is 1.49. The Morgan fingerprint density at radius 1 is 1.45 bits per heavy atom. The largest absolute Gasteiger partial charge is 0.497 e. The first-order valence-corrected chi connectivity index (χ1v) is 6.82. The molecule has 1 aromatic carbocycles. The highest BCUT2D eigenvalue weighted by Gasteiger charge is 2.16. The van der Waals surface area contributed by atoms with Gasteiger partial charge in [-0.05, 0) is 31.4 Å². The Morgan fingerprint density at radius 2 is 2.15 bits per heavy atom. The van der Waals surface area contributed by atoms with Crippen molar-refractivity contribution in [2.45, 2.75) is 38.8 Å². The molecule has 0 aliphatic rings. The fourth-order valence-electron chi connectivity index (χ4n) is 1.81. The maximum absolute atomic E-state index is 11.6. The molecule has 0 saturated heterocycles. The van der Waals surface area contributed by atoms with Gasteiger partial charge in [-0.2, -0.15) is 0 Å². The molecular formula is C15H24N2O3. The quantitative estimate of drug-likeness (QED) is 0.793. The third-order valence-corrected chi connectivity index (χ3v) is 3.20. The van der Waals surface area contributed by atoms with Gasteiger partial charge in [-0.25, -0.2) is 0 Å². The van der Waals surface area contributed by atoms with E-state index in [0.717, 1.165) is 12.0 Å². The number of rotatable bonds is 7. The molecule has 5 heteroatoms. The molecule has 112 valence electrons. The van der Waals surface area contributed by atoms with E-state index in [-0.39, 0.29) is 11.9 Å². The third-order valence-electron chi connectivity index (χ3n) is 3.20. The van der Waals surface area contributed by atoms with Gasteiger partial charge in [-0.1, -0.05) is 13.0 Å². The van der Waals surface area contributed by atoms with Crippen LogP contribution >= 0.6 is 0 Å². The molecule has 20 heavy (non-hydrogen) atoms. The van der Waals surface area contributed by atoms with Crippen LogP contribution in [0.1, 0.15) is 25.8 Å². The van der Waals surface area contributed by atoms with Gasteiger partial charge in [0.05, 0.1) is 7.11 Å². The van der Waals surface area contributed by atoms with Gasteiger partial charge in [0.1, 0.15) is 11.5 Å². The maximum Gasteiger partial charge on any atom is 0.260 e. The zero-order valence-corrected chi connectivity index (χ0v) is 12.6. The van der Waals surface area contributed by atoms with E-state index in [2.05, 4.69) is 5.32 Å². The minimum Gasteiger partial charge on any atom is -0.497 e. The summed E-state index contributed by atoms with van der Waals surface area (Å²) in [5.74, 6) is 1.17. The van der Waals surface area contributed by atoms with Gasteiger partial charge in [0.25, 0.3) is 5.91 Å². The maximum atomic E-state index is 11.6. The van der Waals surface area contributed by atoms with Gasteiger partial charge in [0.2, 0.25) is 0 Å². The molecule has 0 heterocycles. The number of carbonyl (C=O) groups excluding carboxylic acids is 1. The minimum atomic E-state index is -0.566. The Balaban J connectivity index is 2.96. The Kier molecular flexibility index (Phi) is 6.31. The summed E-state index contributed by atoms with van der Waals surface area (Å²) >= 11 is 0. The van der Waals surface area contributed by atoms with E-state index in [0.29, 0.717) is 17.9 Å². The van der Waals surface area contributed by atoms with Crippen LogP contribution in [0.25, 0.3) is 0 Å². The van der Waals surface area contributed by atoms with Crippen LogP contribution in [0.3, 0.4) is 0 Å². The average Bonchev–Trinajstić information content (AvgIpc) is 2.47. The summed E-state index contributed by atoms with van der Waals surface area (Å²) in [6.45, 7) is 3.75. The number of hydrogen-bond donors (Lipinski definition) is 2. The molecule has 0 bridgehead atoms. The number of nitrogens with two attached hydrogens (primary N) is 1. The van der Waals surface area contributed by atoms with Crippen LogP contribution in [-0.2, 0) is 11.2 Å². The molecule has 0 aliphatic carbocycles. The van der Waals surface area contributed by atoms with E-state index < -0.39 is 6.10 Å². The molecule has 5 nitrogen and oxygen atoms in total. The lowest BCUT2D eigenvalue weighted by Gasteiger charge is -2.18. The van der Waals surface area contributed by atoms with E-state index in [1.54, 1.807) is 27.1 Å². The molecule has 0 spiro atoms. The summed E-state index contributed by atoms with van der Waals surface area (Å²) < 4.78 is 10.9. The second kappa shape index (κ2) is 7.75. The minimum absolute atomic E-state index is 0.0704. The monoisotopic (exact) mass is 280 g/mol. The number of benzene rings is 1. The number of nitrogens with one attached hydrogen (secondary N) is 1. The number of likely N-dealkylation sites (N-methyl/N-ethyl adjacent to an activating group) is 1. The Labute approximate surface area is 120 Å². The van der Waals surface area contributed by atoms with Crippen LogP contribution in [0, 0.1) is 0 Å². The summed E-state index contributed by atoms with van der Waals surface area (Å²) in [6, 6.07) is 5.66. The van der Waals surface area contributed by atoms with Crippen molar-refractivity contribution in [1.82, 2.24) is 5.32 Å². The number of ether oxygens (including phenoxy) is 2. The van der Waals surface area contributed by atoms with Crippen LogP contribution in [0.4, 0.5) is 0 Å². The standard InChI is InChI=1S/C15H24N2O3/c1-5-12(16)8-11-6-7-13(19-4)9-14(11)20-10(2)15(18)17-3/h6-7,9-10,12H,5,8,16H2,1-4H3,(H,17,18).